The molecule has 1 aromatic carbocycles. The number of rotatable bonds is 6. The fourth-order valence-corrected chi connectivity index (χ4v) is 2.42. The Bertz CT molecular complexity index is 391. The second-order valence-electron chi connectivity index (χ2n) is 4.49. The molecule has 0 bridgehead atoms. The number of amides is 1. The molecule has 0 aliphatic carbocycles. The maximum Gasteiger partial charge on any atom is 0.222 e. The van der Waals surface area contributed by atoms with Crippen LogP contribution in [0.25, 0.3) is 0 Å². The molecule has 1 aromatic rings. The second-order valence-corrected chi connectivity index (χ2v) is 5.66. The standard InChI is InChI=1S/C14H21NO2S/c1-11(16)12-6-4-7-13(10-12)18-9-5-8-14(17)15(2)3/h4,6-7,10-11,16H,5,8-9H2,1-3H3. The quantitative estimate of drug-likeness (QED) is 0.636. The Morgan fingerprint density at radius 1 is 1.44 bits per heavy atom. The molecule has 100 valence electrons. The average Bonchev–Trinajstić information content (AvgIpc) is 2.34. The number of thioether (sulfide) groups is 1. The highest BCUT2D eigenvalue weighted by molar-refractivity contribution is 7.99. The molecular weight excluding hydrogens is 246 g/mol. The molecule has 0 aliphatic rings. The second kappa shape index (κ2) is 7.44. The molecule has 1 amide bonds. The van der Waals surface area contributed by atoms with Gasteiger partial charge in [-0.3, -0.25) is 4.79 Å². The Morgan fingerprint density at radius 2 is 2.17 bits per heavy atom. The van der Waals surface area contributed by atoms with Gasteiger partial charge >= 0.3 is 0 Å². The van der Waals surface area contributed by atoms with Crippen LogP contribution in [0.1, 0.15) is 31.4 Å². The van der Waals surface area contributed by atoms with Crippen molar-refractivity contribution in [2.24, 2.45) is 0 Å². The summed E-state index contributed by atoms with van der Waals surface area (Å²) in [5.41, 5.74) is 0.935. The molecule has 1 atom stereocenters. The fourth-order valence-electron chi connectivity index (χ4n) is 1.50. The predicted octanol–water partition coefficient (Wildman–Crippen LogP) is 2.70. The van der Waals surface area contributed by atoms with Crippen molar-refractivity contribution < 1.29 is 9.90 Å². The average molecular weight is 267 g/mol. The normalized spacial score (nSPS) is 12.2. The molecule has 0 spiro atoms. The summed E-state index contributed by atoms with van der Waals surface area (Å²) in [6.07, 6.45) is 1.04. The third-order valence-corrected chi connectivity index (χ3v) is 3.72. The molecule has 1 rings (SSSR count). The van der Waals surface area contributed by atoms with Crippen LogP contribution in [0, 0.1) is 0 Å². The number of hydrogen-bond donors (Lipinski definition) is 1. The highest BCUT2D eigenvalue weighted by atomic mass is 32.2. The lowest BCUT2D eigenvalue weighted by molar-refractivity contribution is -0.128. The van der Waals surface area contributed by atoms with Gasteiger partial charge in [0.05, 0.1) is 6.10 Å². The van der Waals surface area contributed by atoms with Crippen molar-refractivity contribution in [2.45, 2.75) is 30.8 Å². The summed E-state index contributed by atoms with van der Waals surface area (Å²) in [7, 11) is 3.56. The van der Waals surface area contributed by atoms with Gasteiger partial charge in [-0.05, 0) is 36.8 Å². The van der Waals surface area contributed by atoms with Gasteiger partial charge in [-0.15, -0.1) is 11.8 Å². The molecule has 18 heavy (non-hydrogen) atoms. The van der Waals surface area contributed by atoms with Gasteiger partial charge in [0.2, 0.25) is 5.91 Å². The molecule has 3 nitrogen and oxygen atoms in total. The van der Waals surface area contributed by atoms with E-state index in [1.165, 1.54) is 0 Å². The number of benzene rings is 1. The van der Waals surface area contributed by atoms with Crippen LogP contribution >= 0.6 is 11.8 Å². The lowest BCUT2D eigenvalue weighted by Gasteiger charge is -2.10. The van der Waals surface area contributed by atoms with Crippen LogP contribution in [-0.2, 0) is 4.79 Å². The number of carbonyl (C=O) groups is 1. The Balaban J connectivity index is 2.35. The summed E-state index contributed by atoms with van der Waals surface area (Å²) < 4.78 is 0. The van der Waals surface area contributed by atoms with E-state index in [1.807, 2.05) is 24.3 Å². The topological polar surface area (TPSA) is 40.5 Å². The van der Waals surface area contributed by atoms with Crippen LogP contribution in [0.2, 0.25) is 0 Å². The van der Waals surface area contributed by atoms with Crippen molar-refractivity contribution in [3.05, 3.63) is 29.8 Å². The van der Waals surface area contributed by atoms with Crippen LogP contribution in [0.3, 0.4) is 0 Å². The van der Waals surface area contributed by atoms with Crippen molar-refractivity contribution in [2.75, 3.05) is 19.8 Å². The van der Waals surface area contributed by atoms with E-state index in [9.17, 15) is 9.90 Å². The van der Waals surface area contributed by atoms with Crippen LogP contribution in [0.15, 0.2) is 29.2 Å². The number of hydrogen-bond acceptors (Lipinski definition) is 3. The van der Waals surface area contributed by atoms with E-state index in [-0.39, 0.29) is 5.91 Å². The smallest absolute Gasteiger partial charge is 0.222 e. The zero-order chi connectivity index (χ0) is 13.5. The molecule has 0 aliphatic heterocycles. The van der Waals surface area contributed by atoms with Crippen molar-refractivity contribution >= 4 is 17.7 Å². The van der Waals surface area contributed by atoms with Crippen LogP contribution < -0.4 is 0 Å². The largest absolute Gasteiger partial charge is 0.389 e. The lowest BCUT2D eigenvalue weighted by atomic mass is 10.1. The molecular formula is C14H21NO2S. The zero-order valence-corrected chi connectivity index (χ0v) is 12.0. The maximum absolute atomic E-state index is 11.4. The van der Waals surface area contributed by atoms with Gasteiger partial charge < -0.3 is 10.0 Å². The first kappa shape index (κ1) is 15.1. The van der Waals surface area contributed by atoms with Crippen molar-refractivity contribution in [3.8, 4) is 0 Å². The zero-order valence-electron chi connectivity index (χ0n) is 11.2. The van der Waals surface area contributed by atoms with Gasteiger partial charge in [0.1, 0.15) is 0 Å². The Kier molecular flexibility index (Phi) is 6.22. The Hall–Kier alpha value is -1.00. The van der Waals surface area contributed by atoms with Crippen LogP contribution in [0.5, 0.6) is 0 Å². The van der Waals surface area contributed by atoms with E-state index in [2.05, 4.69) is 0 Å². The first-order valence-electron chi connectivity index (χ1n) is 6.11. The van der Waals surface area contributed by atoms with Crippen molar-refractivity contribution in [3.63, 3.8) is 0 Å². The number of nitrogens with zero attached hydrogens (tertiary/aromatic N) is 1. The minimum atomic E-state index is -0.430. The number of carbonyl (C=O) groups excluding carboxylic acids is 1. The molecule has 0 saturated carbocycles. The summed E-state index contributed by atoms with van der Waals surface area (Å²) in [5, 5.41) is 9.49. The van der Waals surface area contributed by atoms with Gasteiger partial charge in [0, 0.05) is 25.4 Å². The third kappa shape index (κ3) is 5.10. The van der Waals surface area contributed by atoms with Crippen molar-refractivity contribution in [1.29, 1.82) is 0 Å². The van der Waals surface area contributed by atoms with Crippen LogP contribution in [0.4, 0.5) is 0 Å². The van der Waals surface area contributed by atoms with Gasteiger partial charge in [-0.2, -0.15) is 0 Å². The predicted molar refractivity (Wildman–Crippen MR) is 75.7 cm³/mol. The van der Waals surface area contributed by atoms with E-state index in [4.69, 9.17) is 0 Å². The highest BCUT2D eigenvalue weighted by Crippen LogP contribution is 2.23. The summed E-state index contributed by atoms with van der Waals surface area (Å²) in [4.78, 5) is 14.1. The van der Waals surface area contributed by atoms with Gasteiger partial charge in [-0.25, -0.2) is 0 Å². The molecule has 0 heterocycles. The lowest BCUT2D eigenvalue weighted by Crippen LogP contribution is -2.21. The third-order valence-electron chi connectivity index (χ3n) is 2.64. The van der Waals surface area contributed by atoms with Crippen LogP contribution in [-0.4, -0.2) is 35.8 Å². The first-order chi connectivity index (χ1) is 8.50. The Morgan fingerprint density at radius 3 is 2.78 bits per heavy atom. The summed E-state index contributed by atoms with van der Waals surface area (Å²) >= 11 is 1.72. The summed E-state index contributed by atoms with van der Waals surface area (Å²) in [5.74, 6) is 1.09. The van der Waals surface area contributed by atoms with E-state index in [1.54, 1.807) is 37.7 Å². The monoisotopic (exact) mass is 267 g/mol. The molecule has 0 saturated heterocycles. The Labute approximate surface area is 113 Å². The number of aliphatic hydroxyl groups excluding tert-OH is 1. The van der Waals surface area contributed by atoms with E-state index >= 15 is 0 Å². The van der Waals surface area contributed by atoms with E-state index < -0.39 is 6.10 Å². The maximum atomic E-state index is 11.4. The van der Waals surface area contributed by atoms with E-state index in [0.29, 0.717) is 6.42 Å². The minimum absolute atomic E-state index is 0.174. The number of aliphatic hydroxyl groups is 1. The minimum Gasteiger partial charge on any atom is -0.389 e. The van der Waals surface area contributed by atoms with Gasteiger partial charge in [-0.1, -0.05) is 12.1 Å². The molecule has 0 fully saturated rings. The first-order valence-corrected chi connectivity index (χ1v) is 7.10. The SMILES string of the molecule is CC(O)c1cccc(SCCCC(=O)N(C)C)c1. The highest BCUT2D eigenvalue weighted by Gasteiger charge is 2.04. The molecule has 1 N–H and O–H groups in total. The fraction of sp³-hybridized carbons (Fsp3) is 0.500. The van der Waals surface area contributed by atoms with Crippen molar-refractivity contribution in [1.82, 2.24) is 4.90 Å². The van der Waals surface area contributed by atoms with E-state index in [0.717, 1.165) is 22.6 Å². The molecule has 1 unspecified atom stereocenters. The summed E-state index contributed by atoms with van der Waals surface area (Å²) in [6, 6.07) is 7.91. The molecule has 0 aromatic heterocycles. The van der Waals surface area contributed by atoms with Gasteiger partial charge in [0.25, 0.3) is 0 Å². The van der Waals surface area contributed by atoms with Gasteiger partial charge in [0.15, 0.2) is 0 Å². The molecule has 0 radical (unpaired) electrons. The molecule has 4 heteroatoms. The summed E-state index contributed by atoms with van der Waals surface area (Å²) in [6.45, 7) is 1.76.